The Labute approximate surface area is 101 Å². The average molecular weight is 236 g/mol. The predicted molar refractivity (Wildman–Crippen MR) is 66.6 cm³/mol. The van der Waals surface area contributed by atoms with Crippen molar-refractivity contribution in [3.05, 3.63) is 11.8 Å². The monoisotopic (exact) mass is 236 g/mol. The fourth-order valence-corrected chi connectivity index (χ4v) is 2.41. The minimum absolute atomic E-state index is 0.0262. The van der Waals surface area contributed by atoms with Gasteiger partial charge in [-0.15, -0.1) is 0 Å². The predicted octanol–water partition coefficient (Wildman–Crippen LogP) is 1.71. The molecule has 5 nitrogen and oxygen atoms in total. The molecule has 2 rings (SSSR count). The van der Waals surface area contributed by atoms with Crippen molar-refractivity contribution < 1.29 is 4.79 Å². The molecule has 0 atom stereocenters. The van der Waals surface area contributed by atoms with Gasteiger partial charge in [-0.1, -0.05) is 19.3 Å². The third-order valence-corrected chi connectivity index (χ3v) is 3.46. The van der Waals surface area contributed by atoms with Crippen molar-refractivity contribution in [1.82, 2.24) is 10.2 Å². The van der Waals surface area contributed by atoms with Crippen LogP contribution in [0.4, 0.5) is 5.82 Å². The lowest BCUT2D eigenvalue weighted by molar-refractivity contribution is -0.117. The lowest BCUT2D eigenvalue weighted by Gasteiger charge is -2.32. The third kappa shape index (κ3) is 3.06. The molecule has 0 aromatic carbocycles. The molecule has 0 spiro atoms. The van der Waals surface area contributed by atoms with Crippen LogP contribution < -0.4 is 11.1 Å². The number of aryl methyl sites for hydroxylation is 1. The second kappa shape index (κ2) is 4.87. The zero-order valence-corrected chi connectivity index (χ0v) is 10.3. The summed E-state index contributed by atoms with van der Waals surface area (Å²) in [4.78, 5) is 11.9. The van der Waals surface area contributed by atoms with E-state index in [0.717, 1.165) is 31.2 Å². The molecule has 1 fully saturated rings. The maximum atomic E-state index is 11.9. The molecule has 1 heterocycles. The summed E-state index contributed by atoms with van der Waals surface area (Å²) in [6, 6.07) is 0. The minimum atomic E-state index is -0.309. The number of aromatic nitrogens is 2. The Hall–Kier alpha value is -1.36. The van der Waals surface area contributed by atoms with Crippen molar-refractivity contribution in [3.8, 4) is 0 Å². The molecule has 1 aliphatic carbocycles. The van der Waals surface area contributed by atoms with Crippen LogP contribution in [-0.4, -0.2) is 21.6 Å². The van der Waals surface area contributed by atoms with Crippen molar-refractivity contribution in [1.29, 1.82) is 0 Å². The van der Waals surface area contributed by atoms with Gasteiger partial charge in [-0.25, -0.2) is 0 Å². The summed E-state index contributed by atoms with van der Waals surface area (Å²) in [6.45, 7) is 1.90. The van der Waals surface area contributed by atoms with E-state index in [1.165, 1.54) is 6.42 Å². The summed E-state index contributed by atoms with van der Waals surface area (Å²) in [5.74, 6) is 0.649. The number of carbonyl (C=O) groups excluding carboxylic acids is 1. The molecule has 1 amide bonds. The Balaban J connectivity index is 1.91. The number of amides is 1. The quantitative estimate of drug-likeness (QED) is 0.747. The van der Waals surface area contributed by atoms with Crippen LogP contribution in [0.1, 0.15) is 44.1 Å². The Morgan fingerprint density at radius 2 is 2.24 bits per heavy atom. The van der Waals surface area contributed by atoms with Gasteiger partial charge in [0.2, 0.25) is 5.91 Å². The van der Waals surface area contributed by atoms with Crippen molar-refractivity contribution in [2.45, 2.75) is 51.0 Å². The van der Waals surface area contributed by atoms with Crippen molar-refractivity contribution in [3.63, 3.8) is 0 Å². The van der Waals surface area contributed by atoms with Crippen LogP contribution in [0.15, 0.2) is 6.20 Å². The summed E-state index contributed by atoms with van der Waals surface area (Å²) >= 11 is 0. The highest BCUT2D eigenvalue weighted by atomic mass is 16.1. The Bertz CT molecular complexity index is 393. The number of rotatable bonds is 3. The largest absolute Gasteiger partial charge is 0.325 e. The standard InChI is InChI=1S/C12H20N4O/c1-9-8-14-16-11(9)15-10(17)7-12(13)5-3-2-4-6-12/h8H,2-7,13H2,1H3,(H2,14,15,16,17). The number of carbonyl (C=O) groups is 1. The normalized spacial score (nSPS) is 18.9. The maximum Gasteiger partial charge on any atom is 0.227 e. The van der Waals surface area contributed by atoms with Gasteiger partial charge >= 0.3 is 0 Å². The highest BCUT2D eigenvalue weighted by molar-refractivity contribution is 5.91. The number of anilines is 1. The van der Waals surface area contributed by atoms with Gasteiger partial charge in [0.15, 0.2) is 0 Å². The minimum Gasteiger partial charge on any atom is -0.325 e. The van der Waals surface area contributed by atoms with E-state index in [1.54, 1.807) is 6.20 Å². The number of hydrogen-bond acceptors (Lipinski definition) is 3. The lowest BCUT2D eigenvalue weighted by atomic mass is 9.80. The summed E-state index contributed by atoms with van der Waals surface area (Å²) < 4.78 is 0. The van der Waals surface area contributed by atoms with Gasteiger partial charge in [0, 0.05) is 17.5 Å². The molecule has 0 aliphatic heterocycles. The van der Waals surface area contributed by atoms with Crippen molar-refractivity contribution in [2.24, 2.45) is 5.73 Å². The molecule has 1 aromatic heterocycles. The van der Waals surface area contributed by atoms with Crippen molar-refractivity contribution >= 4 is 11.7 Å². The van der Waals surface area contributed by atoms with E-state index in [4.69, 9.17) is 5.73 Å². The molecule has 0 bridgehead atoms. The highest BCUT2D eigenvalue weighted by Crippen LogP contribution is 2.28. The molecule has 94 valence electrons. The van der Waals surface area contributed by atoms with Crippen LogP contribution in [0, 0.1) is 6.92 Å². The molecular formula is C12H20N4O. The van der Waals surface area contributed by atoms with E-state index in [9.17, 15) is 4.79 Å². The number of H-pyrrole nitrogens is 1. The van der Waals surface area contributed by atoms with E-state index in [-0.39, 0.29) is 11.4 Å². The first-order chi connectivity index (χ1) is 8.09. The van der Waals surface area contributed by atoms with Crippen molar-refractivity contribution in [2.75, 3.05) is 5.32 Å². The van der Waals surface area contributed by atoms with Gasteiger partial charge in [-0.3, -0.25) is 9.89 Å². The summed E-state index contributed by atoms with van der Waals surface area (Å²) in [5.41, 5.74) is 6.87. The van der Waals surface area contributed by atoms with Gasteiger partial charge in [0.25, 0.3) is 0 Å². The first-order valence-corrected chi connectivity index (χ1v) is 6.18. The fourth-order valence-electron chi connectivity index (χ4n) is 2.41. The van der Waals surface area contributed by atoms with Crippen LogP contribution in [0.2, 0.25) is 0 Å². The fraction of sp³-hybridized carbons (Fsp3) is 0.667. The summed E-state index contributed by atoms with van der Waals surface area (Å²) in [7, 11) is 0. The smallest absolute Gasteiger partial charge is 0.227 e. The number of nitrogens with zero attached hydrogens (tertiary/aromatic N) is 1. The molecule has 5 heteroatoms. The van der Waals surface area contributed by atoms with Crippen LogP contribution in [-0.2, 0) is 4.79 Å². The van der Waals surface area contributed by atoms with E-state index in [0.29, 0.717) is 12.2 Å². The number of nitrogens with one attached hydrogen (secondary N) is 2. The SMILES string of the molecule is Cc1cn[nH]c1NC(=O)CC1(N)CCCCC1. The van der Waals surface area contributed by atoms with E-state index < -0.39 is 0 Å². The molecule has 0 unspecified atom stereocenters. The molecular weight excluding hydrogens is 216 g/mol. The van der Waals surface area contributed by atoms with Crippen LogP contribution >= 0.6 is 0 Å². The Morgan fingerprint density at radius 3 is 2.82 bits per heavy atom. The molecule has 0 saturated heterocycles. The molecule has 17 heavy (non-hydrogen) atoms. The van der Waals surface area contributed by atoms with Gasteiger partial charge < -0.3 is 11.1 Å². The maximum absolute atomic E-state index is 11.9. The Kier molecular flexibility index (Phi) is 3.47. The number of hydrogen-bond donors (Lipinski definition) is 3. The lowest BCUT2D eigenvalue weighted by Crippen LogP contribution is -2.44. The number of nitrogens with two attached hydrogens (primary N) is 1. The second-order valence-corrected chi connectivity index (χ2v) is 5.08. The molecule has 1 aliphatic rings. The van der Waals surface area contributed by atoms with E-state index in [1.807, 2.05) is 6.92 Å². The zero-order chi connectivity index (χ0) is 12.3. The topological polar surface area (TPSA) is 83.8 Å². The van der Waals surface area contributed by atoms with E-state index >= 15 is 0 Å². The first kappa shape index (κ1) is 12.1. The van der Waals surface area contributed by atoms with Gasteiger partial charge in [-0.05, 0) is 19.8 Å². The third-order valence-electron chi connectivity index (χ3n) is 3.46. The van der Waals surface area contributed by atoms with Crippen LogP contribution in [0.25, 0.3) is 0 Å². The van der Waals surface area contributed by atoms with E-state index in [2.05, 4.69) is 15.5 Å². The molecule has 0 radical (unpaired) electrons. The van der Waals surface area contributed by atoms with Crippen LogP contribution in [0.5, 0.6) is 0 Å². The van der Waals surface area contributed by atoms with Gasteiger partial charge in [0.05, 0.1) is 6.20 Å². The number of aromatic amines is 1. The van der Waals surface area contributed by atoms with Gasteiger partial charge in [-0.2, -0.15) is 5.10 Å². The summed E-state index contributed by atoms with van der Waals surface area (Å²) in [5, 5.41) is 9.46. The highest BCUT2D eigenvalue weighted by Gasteiger charge is 2.30. The summed E-state index contributed by atoms with van der Waals surface area (Å²) in [6.07, 6.45) is 7.48. The average Bonchev–Trinajstić information content (AvgIpc) is 2.64. The Morgan fingerprint density at radius 1 is 1.53 bits per heavy atom. The molecule has 4 N–H and O–H groups in total. The molecule has 1 aromatic rings. The van der Waals surface area contributed by atoms with Crippen LogP contribution in [0.3, 0.4) is 0 Å². The zero-order valence-electron chi connectivity index (χ0n) is 10.3. The molecule has 1 saturated carbocycles. The second-order valence-electron chi connectivity index (χ2n) is 5.08. The first-order valence-electron chi connectivity index (χ1n) is 6.18. The van der Waals surface area contributed by atoms with Gasteiger partial charge in [0.1, 0.15) is 5.82 Å².